The fourth-order valence-electron chi connectivity index (χ4n) is 5.70. The molecule has 0 spiro atoms. The van der Waals surface area contributed by atoms with Crippen LogP contribution in [-0.4, -0.2) is 71.5 Å². The van der Waals surface area contributed by atoms with Gasteiger partial charge in [0.2, 0.25) is 0 Å². The molecule has 1 atom stereocenters. The van der Waals surface area contributed by atoms with Gasteiger partial charge in [-0.3, -0.25) is 9.69 Å². The number of carbonyl (C=O) groups excluding carboxylic acids is 1. The molecule has 0 aromatic heterocycles. The van der Waals surface area contributed by atoms with Gasteiger partial charge in [0, 0.05) is 44.5 Å². The Bertz CT molecular complexity index is 808. The summed E-state index contributed by atoms with van der Waals surface area (Å²) in [7, 11) is 0. The van der Waals surface area contributed by atoms with Crippen LogP contribution in [0.1, 0.15) is 82.6 Å². The van der Waals surface area contributed by atoms with Gasteiger partial charge in [0.1, 0.15) is 0 Å². The van der Waals surface area contributed by atoms with Crippen LogP contribution in [0.3, 0.4) is 0 Å². The number of aliphatic imine (C=N–C) groups is 1. The highest BCUT2D eigenvalue weighted by atomic mass is 16.5. The molecule has 2 saturated carbocycles. The normalized spacial score (nSPS) is 23.1. The van der Waals surface area contributed by atoms with Gasteiger partial charge in [-0.2, -0.15) is 0 Å². The molecule has 1 unspecified atom stereocenters. The van der Waals surface area contributed by atoms with Crippen LogP contribution in [-0.2, 0) is 16.0 Å². The van der Waals surface area contributed by atoms with Crippen LogP contribution in [0.2, 0.25) is 0 Å². The lowest BCUT2D eigenvalue weighted by Gasteiger charge is -2.30. The minimum absolute atomic E-state index is 0.0723. The lowest BCUT2D eigenvalue weighted by Crippen LogP contribution is -2.42. The number of aliphatic hydroxyl groups is 2. The van der Waals surface area contributed by atoms with E-state index in [2.05, 4.69) is 29.2 Å². The van der Waals surface area contributed by atoms with E-state index in [4.69, 9.17) is 9.73 Å². The second-order valence-electron chi connectivity index (χ2n) is 10.3. The summed E-state index contributed by atoms with van der Waals surface area (Å²) in [6, 6.07) is 9.35. The predicted molar refractivity (Wildman–Crippen MR) is 139 cm³/mol. The third-order valence-electron chi connectivity index (χ3n) is 7.67. The monoisotopic (exact) mass is 485 g/mol. The van der Waals surface area contributed by atoms with Crippen molar-refractivity contribution in [3.8, 4) is 0 Å². The molecule has 1 aliphatic heterocycles. The molecule has 194 valence electrons. The van der Waals surface area contributed by atoms with Crippen LogP contribution in [0.5, 0.6) is 0 Å². The molecule has 7 nitrogen and oxygen atoms in total. The molecule has 1 saturated heterocycles. The SMILES string of the molecule is O=C1C(Cc2ccc(N(CCCO)CCCO)cc2)O/C(=N/C2CCCCC2)N1C1CCCCC1. The number of amidine groups is 1. The zero-order chi connectivity index (χ0) is 24.5. The van der Waals surface area contributed by atoms with Crippen LogP contribution in [0, 0.1) is 0 Å². The van der Waals surface area contributed by atoms with Crippen molar-refractivity contribution in [2.24, 2.45) is 4.99 Å². The highest BCUT2D eigenvalue weighted by Gasteiger charge is 2.43. The predicted octanol–water partition coefficient (Wildman–Crippen LogP) is 4.05. The summed E-state index contributed by atoms with van der Waals surface area (Å²) in [5.74, 6) is 0.0723. The minimum atomic E-state index is -0.509. The van der Waals surface area contributed by atoms with Gasteiger partial charge < -0.3 is 19.8 Å². The maximum Gasteiger partial charge on any atom is 0.295 e. The third-order valence-corrected chi connectivity index (χ3v) is 7.67. The molecule has 0 bridgehead atoms. The van der Waals surface area contributed by atoms with E-state index in [1.54, 1.807) is 0 Å². The second-order valence-corrected chi connectivity index (χ2v) is 10.3. The number of benzene rings is 1. The first-order valence-corrected chi connectivity index (χ1v) is 13.8. The van der Waals surface area contributed by atoms with Gasteiger partial charge in [0.15, 0.2) is 6.10 Å². The topological polar surface area (TPSA) is 85.6 Å². The van der Waals surface area contributed by atoms with Crippen LogP contribution in [0.25, 0.3) is 0 Å². The van der Waals surface area contributed by atoms with Crippen molar-refractivity contribution in [3.05, 3.63) is 29.8 Å². The second kappa shape index (κ2) is 13.3. The van der Waals surface area contributed by atoms with Crippen LogP contribution in [0.15, 0.2) is 29.3 Å². The standard InChI is InChI=1S/C28H43N3O4/c32-19-7-17-30(18-8-20-33)24-15-13-22(14-16-24)21-26-27(34)31(25-11-5-2-6-12-25)28(35-26)29-23-9-3-1-4-10-23/h13-16,23,25-26,32-33H,1-12,17-21H2/b29-28+. The molecule has 7 heteroatoms. The lowest BCUT2D eigenvalue weighted by atomic mass is 9.94. The molecule has 3 fully saturated rings. The van der Waals surface area contributed by atoms with E-state index < -0.39 is 6.10 Å². The van der Waals surface area contributed by atoms with Gasteiger partial charge in [-0.15, -0.1) is 0 Å². The largest absolute Gasteiger partial charge is 0.451 e. The van der Waals surface area contributed by atoms with Crippen LogP contribution >= 0.6 is 0 Å². The Labute approximate surface area is 210 Å². The first-order valence-electron chi connectivity index (χ1n) is 13.8. The zero-order valence-electron chi connectivity index (χ0n) is 21.1. The van der Waals surface area contributed by atoms with E-state index in [-0.39, 0.29) is 31.2 Å². The molecule has 1 heterocycles. The molecule has 1 aromatic carbocycles. The number of ether oxygens (including phenoxy) is 1. The maximum atomic E-state index is 13.5. The Hall–Kier alpha value is -2.12. The van der Waals surface area contributed by atoms with Crippen molar-refractivity contribution >= 4 is 17.6 Å². The summed E-state index contributed by atoms with van der Waals surface area (Å²) in [6.07, 6.45) is 13.0. The molecule has 1 aromatic rings. The number of rotatable bonds is 11. The van der Waals surface area contributed by atoms with Gasteiger partial charge >= 0.3 is 0 Å². The fourth-order valence-corrected chi connectivity index (χ4v) is 5.70. The summed E-state index contributed by atoms with van der Waals surface area (Å²) in [6.45, 7) is 1.79. The molecule has 2 N–H and O–H groups in total. The van der Waals surface area contributed by atoms with E-state index in [0.29, 0.717) is 25.3 Å². The van der Waals surface area contributed by atoms with Gasteiger partial charge in [-0.25, -0.2) is 4.99 Å². The molecule has 4 rings (SSSR count). The summed E-state index contributed by atoms with van der Waals surface area (Å²) in [5.41, 5.74) is 2.14. The van der Waals surface area contributed by atoms with Crippen LogP contribution < -0.4 is 4.90 Å². The molecular formula is C28H43N3O4. The summed E-state index contributed by atoms with van der Waals surface area (Å²) >= 11 is 0. The first-order chi connectivity index (χ1) is 17.2. The lowest BCUT2D eigenvalue weighted by molar-refractivity contribution is -0.131. The molecule has 1 amide bonds. The van der Waals surface area contributed by atoms with E-state index in [1.165, 1.54) is 38.5 Å². The average molecular weight is 486 g/mol. The summed E-state index contributed by atoms with van der Waals surface area (Å²) in [5, 5.41) is 18.4. The molecule has 0 radical (unpaired) electrons. The van der Waals surface area contributed by atoms with Crippen molar-refractivity contribution in [2.45, 2.75) is 102 Å². The van der Waals surface area contributed by atoms with Gasteiger partial charge in [-0.1, -0.05) is 50.7 Å². The number of anilines is 1. The Balaban J connectivity index is 1.45. The van der Waals surface area contributed by atoms with Crippen molar-refractivity contribution in [1.29, 1.82) is 0 Å². The third kappa shape index (κ3) is 6.98. The van der Waals surface area contributed by atoms with Crippen molar-refractivity contribution in [2.75, 3.05) is 31.2 Å². The number of nitrogens with zero attached hydrogens (tertiary/aromatic N) is 3. The van der Waals surface area contributed by atoms with E-state index >= 15 is 0 Å². The van der Waals surface area contributed by atoms with E-state index in [9.17, 15) is 15.0 Å². The van der Waals surface area contributed by atoms with Crippen molar-refractivity contribution in [3.63, 3.8) is 0 Å². The number of amides is 1. The fraction of sp³-hybridized carbons (Fsp3) is 0.714. The average Bonchev–Trinajstić information content (AvgIpc) is 3.20. The molecule has 2 aliphatic carbocycles. The molecular weight excluding hydrogens is 442 g/mol. The van der Waals surface area contributed by atoms with Crippen molar-refractivity contribution < 1.29 is 19.7 Å². The maximum absolute atomic E-state index is 13.5. The summed E-state index contributed by atoms with van der Waals surface area (Å²) < 4.78 is 6.29. The Morgan fingerprint density at radius 3 is 2.09 bits per heavy atom. The molecule has 3 aliphatic rings. The van der Waals surface area contributed by atoms with Gasteiger partial charge in [-0.05, 0) is 56.2 Å². The Morgan fingerprint density at radius 2 is 1.49 bits per heavy atom. The zero-order valence-corrected chi connectivity index (χ0v) is 21.1. The van der Waals surface area contributed by atoms with E-state index in [0.717, 1.165) is 50.0 Å². The highest BCUT2D eigenvalue weighted by molar-refractivity contribution is 6.02. The number of aliphatic hydroxyl groups excluding tert-OH is 2. The Morgan fingerprint density at radius 1 is 0.886 bits per heavy atom. The van der Waals surface area contributed by atoms with Crippen molar-refractivity contribution in [1.82, 2.24) is 4.90 Å². The minimum Gasteiger partial charge on any atom is -0.451 e. The number of hydrogen-bond acceptors (Lipinski definition) is 6. The quantitative estimate of drug-likeness (QED) is 0.494. The summed E-state index contributed by atoms with van der Waals surface area (Å²) in [4.78, 5) is 22.6. The van der Waals surface area contributed by atoms with Crippen LogP contribution in [0.4, 0.5) is 5.69 Å². The number of hydrogen-bond donors (Lipinski definition) is 2. The number of carbonyl (C=O) groups is 1. The molecule has 35 heavy (non-hydrogen) atoms. The van der Waals surface area contributed by atoms with E-state index in [1.807, 2.05) is 4.90 Å². The highest BCUT2D eigenvalue weighted by Crippen LogP contribution is 2.30. The first kappa shape index (κ1) is 26.0. The smallest absolute Gasteiger partial charge is 0.295 e. The van der Waals surface area contributed by atoms with Gasteiger partial charge in [0.05, 0.1) is 6.04 Å². The van der Waals surface area contributed by atoms with Gasteiger partial charge in [0.25, 0.3) is 11.9 Å². The Kier molecular flexibility index (Phi) is 9.83.